The van der Waals surface area contributed by atoms with Crippen molar-refractivity contribution in [2.24, 2.45) is 0 Å². The molecule has 1 nitrogen and oxygen atoms in total. The van der Waals surface area contributed by atoms with Crippen LogP contribution in [-0.4, -0.2) is 18.0 Å². The number of benzene rings is 1. The quantitative estimate of drug-likeness (QED) is 0.767. The Bertz CT molecular complexity index is 367. The minimum atomic E-state index is 0.00748. The number of halogens is 1. The summed E-state index contributed by atoms with van der Waals surface area (Å²) in [4.78, 5) is 2.37. The fourth-order valence-electron chi connectivity index (χ4n) is 2.53. The molecular weight excluding hydrogens is 213 g/mol. The second kappa shape index (κ2) is 5.63. The number of piperidine rings is 1. The standard InChI is InChI=1S/C15H22FN/c1-12(2)14-8-6-7-13(15(14)16)11-17-9-4-3-5-10-17/h6-8,12H,3-5,9-11H2,1-2H3. The van der Waals surface area contributed by atoms with Gasteiger partial charge in [0.1, 0.15) is 5.82 Å². The minimum absolute atomic E-state index is 0.00748. The molecule has 1 saturated heterocycles. The smallest absolute Gasteiger partial charge is 0.131 e. The van der Waals surface area contributed by atoms with Gasteiger partial charge in [0.05, 0.1) is 0 Å². The zero-order valence-electron chi connectivity index (χ0n) is 10.9. The van der Waals surface area contributed by atoms with Crippen molar-refractivity contribution in [1.29, 1.82) is 0 Å². The first-order valence-electron chi connectivity index (χ1n) is 6.68. The van der Waals surface area contributed by atoms with Crippen LogP contribution in [0.3, 0.4) is 0 Å². The van der Waals surface area contributed by atoms with E-state index in [0.717, 1.165) is 30.8 Å². The second-order valence-electron chi connectivity index (χ2n) is 5.31. The molecule has 2 rings (SSSR count). The highest BCUT2D eigenvalue weighted by atomic mass is 19.1. The van der Waals surface area contributed by atoms with Crippen LogP contribution in [0.4, 0.5) is 4.39 Å². The number of rotatable bonds is 3. The van der Waals surface area contributed by atoms with Crippen molar-refractivity contribution in [1.82, 2.24) is 4.90 Å². The summed E-state index contributed by atoms with van der Waals surface area (Å²) < 4.78 is 14.3. The first-order valence-corrected chi connectivity index (χ1v) is 6.68. The van der Waals surface area contributed by atoms with Crippen LogP contribution in [0.1, 0.15) is 50.2 Å². The molecule has 1 aliphatic heterocycles. The Labute approximate surface area is 104 Å². The van der Waals surface area contributed by atoms with Gasteiger partial charge in [0.15, 0.2) is 0 Å². The van der Waals surface area contributed by atoms with Crippen LogP contribution in [0.5, 0.6) is 0 Å². The molecule has 94 valence electrons. The van der Waals surface area contributed by atoms with Gasteiger partial charge in [-0.2, -0.15) is 0 Å². The molecule has 0 N–H and O–H groups in total. The van der Waals surface area contributed by atoms with Crippen molar-refractivity contribution >= 4 is 0 Å². The van der Waals surface area contributed by atoms with Gasteiger partial charge < -0.3 is 0 Å². The first-order chi connectivity index (χ1) is 8.18. The highest BCUT2D eigenvalue weighted by Crippen LogP contribution is 2.23. The van der Waals surface area contributed by atoms with E-state index in [1.807, 2.05) is 32.0 Å². The van der Waals surface area contributed by atoms with E-state index in [4.69, 9.17) is 0 Å². The van der Waals surface area contributed by atoms with Crippen LogP contribution < -0.4 is 0 Å². The van der Waals surface area contributed by atoms with Crippen LogP contribution in [0.15, 0.2) is 18.2 Å². The molecular formula is C15H22FN. The van der Waals surface area contributed by atoms with Crippen LogP contribution in [0.25, 0.3) is 0 Å². The maximum Gasteiger partial charge on any atom is 0.131 e. The third-order valence-electron chi connectivity index (χ3n) is 3.57. The maximum atomic E-state index is 14.3. The van der Waals surface area contributed by atoms with E-state index in [1.165, 1.54) is 19.3 Å². The van der Waals surface area contributed by atoms with Gasteiger partial charge in [0.2, 0.25) is 0 Å². The number of nitrogens with zero attached hydrogens (tertiary/aromatic N) is 1. The summed E-state index contributed by atoms with van der Waals surface area (Å²) in [5.74, 6) is 0.268. The fourth-order valence-corrected chi connectivity index (χ4v) is 2.53. The van der Waals surface area contributed by atoms with Crippen LogP contribution in [0.2, 0.25) is 0 Å². The summed E-state index contributed by atoms with van der Waals surface area (Å²) >= 11 is 0. The van der Waals surface area contributed by atoms with Gasteiger partial charge >= 0.3 is 0 Å². The fraction of sp³-hybridized carbons (Fsp3) is 0.600. The summed E-state index contributed by atoms with van der Waals surface area (Å²) in [5, 5.41) is 0. The number of likely N-dealkylation sites (tertiary alicyclic amines) is 1. The first kappa shape index (κ1) is 12.6. The summed E-state index contributed by atoms with van der Waals surface area (Å²) in [7, 11) is 0. The summed E-state index contributed by atoms with van der Waals surface area (Å²) in [6.45, 7) is 7.09. The lowest BCUT2D eigenvalue weighted by atomic mass is 9.99. The molecule has 0 aromatic heterocycles. The van der Waals surface area contributed by atoms with Crippen molar-refractivity contribution in [3.8, 4) is 0 Å². The van der Waals surface area contributed by atoms with Crippen molar-refractivity contribution in [3.63, 3.8) is 0 Å². The van der Waals surface area contributed by atoms with E-state index in [9.17, 15) is 4.39 Å². The molecule has 0 bridgehead atoms. The van der Waals surface area contributed by atoms with Crippen LogP contribution in [0, 0.1) is 5.82 Å². The van der Waals surface area contributed by atoms with Gasteiger partial charge in [-0.05, 0) is 37.4 Å². The Balaban J connectivity index is 2.12. The van der Waals surface area contributed by atoms with E-state index < -0.39 is 0 Å². The molecule has 0 spiro atoms. The topological polar surface area (TPSA) is 3.24 Å². The Morgan fingerprint density at radius 1 is 1.18 bits per heavy atom. The average molecular weight is 235 g/mol. The van der Waals surface area contributed by atoms with Crippen molar-refractivity contribution in [2.45, 2.75) is 45.6 Å². The predicted molar refractivity (Wildman–Crippen MR) is 69.6 cm³/mol. The summed E-state index contributed by atoms with van der Waals surface area (Å²) in [6.07, 6.45) is 3.84. The molecule has 1 aliphatic rings. The van der Waals surface area contributed by atoms with Gasteiger partial charge in [-0.25, -0.2) is 4.39 Å². The zero-order valence-corrected chi connectivity index (χ0v) is 10.9. The molecule has 0 radical (unpaired) electrons. The highest BCUT2D eigenvalue weighted by molar-refractivity contribution is 5.28. The SMILES string of the molecule is CC(C)c1cccc(CN2CCCCC2)c1F. The molecule has 2 heteroatoms. The minimum Gasteiger partial charge on any atom is -0.299 e. The van der Waals surface area contributed by atoms with Gasteiger partial charge in [-0.3, -0.25) is 4.90 Å². The van der Waals surface area contributed by atoms with Gasteiger partial charge in [0.25, 0.3) is 0 Å². The molecule has 1 aromatic carbocycles. The summed E-state index contributed by atoms with van der Waals surface area (Å²) in [6, 6.07) is 5.81. The van der Waals surface area contributed by atoms with E-state index in [1.54, 1.807) is 0 Å². The van der Waals surface area contributed by atoms with Gasteiger partial charge in [-0.15, -0.1) is 0 Å². The second-order valence-corrected chi connectivity index (χ2v) is 5.31. The van der Waals surface area contributed by atoms with E-state index in [2.05, 4.69) is 4.90 Å². The van der Waals surface area contributed by atoms with Crippen LogP contribution >= 0.6 is 0 Å². The van der Waals surface area contributed by atoms with E-state index in [0.29, 0.717) is 0 Å². The molecule has 1 heterocycles. The third kappa shape index (κ3) is 3.06. The molecule has 0 aliphatic carbocycles. The molecule has 1 aromatic rings. The van der Waals surface area contributed by atoms with Crippen molar-refractivity contribution in [3.05, 3.63) is 35.1 Å². The normalized spacial score (nSPS) is 17.6. The monoisotopic (exact) mass is 235 g/mol. The summed E-state index contributed by atoms with van der Waals surface area (Å²) in [5.41, 5.74) is 1.71. The largest absolute Gasteiger partial charge is 0.299 e. The van der Waals surface area contributed by atoms with E-state index >= 15 is 0 Å². The van der Waals surface area contributed by atoms with Crippen molar-refractivity contribution < 1.29 is 4.39 Å². The molecule has 0 amide bonds. The zero-order chi connectivity index (χ0) is 12.3. The predicted octanol–water partition coefficient (Wildman–Crippen LogP) is 3.94. The molecule has 17 heavy (non-hydrogen) atoms. The number of hydrogen-bond donors (Lipinski definition) is 0. The molecule has 0 unspecified atom stereocenters. The lowest BCUT2D eigenvalue weighted by molar-refractivity contribution is 0.218. The Hall–Kier alpha value is -0.890. The Morgan fingerprint density at radius 2 is 1.88 bits per heavy atom. The van der Waals surface area contributed by atoms with Gasteiger partial charge in [0, 0.05) is 12.1 Å². The molecule has 0 atom stereocenters. The van der Waals surface area contributed by atoms with Crippen LogP contribution in [-0.2, 0) is 6.54 Å². The highest BCUT2D eigenvalue weighted by Gasteiger charge is 2.15. The Morgan fingerprint density at radius 3 is 2.53 bits per heavy atom. The lowest BCUT2D eigenvalue weighted by Crippen LogP contribution is -2.29. The maximum absolute atomic E-state index is 14.3. The lowest BCUT2D eigenvalue weighted by Gasteiger charge is -2.27. The van der Waals surface area contributed by atoms with Gasteiger partial charge in [-0.1, -0.05) is 38.5 Å². The van der Waals surface area contributed by atoms with E-state index in [-0.39, 0.29) is 11.7 Å². The molecule has 1 fully saturated rings. The number of hydrogen-bond acceptors (Lipinski definition) is 1. The van der Waals surface area contributed by atoms with Crippen molar-refractivity contribution in [2.75, 3.05) is 13.1 Å². The third-order valence-corrected chi connectivity index (χ3v) is 3.57. The Kier molecular flexibility index (Phi) is 4.16. The molecule has 0 saturated carbocycles. The average Bonchev–Trinajstić information content (AvgIpc) is 2.33.